The number of nitrogens with two attached hydrogens (primary N) is 2. The van der Waals surface area contributed by atoms with E-state index in [9.17, 15) is 4.79 Å². The predicted octanol–water partition coefficient (Wildman–Crippen LogP) is 1.22. The van der Waals surface area contributed by atoms with Crippen LogP contribution in [0, 0.1) is 0 Å². The summed E-state index contributed by atoms with van der Waals surface area (Å²) in [5, 5.41) is 1.10. The first-order valence-electron chi connectivity index (χ1n) is 4.87. The minimum atomic E-state index is -0.653. The Morgan fingerprint density at radius 1 is 1.44 bits per heavy atom. The van der Waals surface area contributed by atoms with E-state index < -0.39 is 11.9 Å². The zero-order valence-electron chi connectivity index (χ0n) is 8.56. The first kappa shape index (κ1) is 11.2. The van der Waals surface area contributed by atoms with E-state index in [1.165, 1.54) is 0 Å². The van der Waals surface area contributed by atoms with Crippen LogP contribution in [-0.4, -0.2) is 16.5 Å². The Kier molecular flexibility index (Phi) is 2.98. The number of fused-ring (bicyclic) bond motifs is 1. The van der Waals surface area contributed by atoms with E-state index in [0.29, 0.717) is 6.54 Å². The van der Waals surface area contributed by atoms with Crippen LogP contribution in [0.4, 0.5) is 0 Å². The molecule has 1 aromatic heterocycles. The van der Waals surface area contributed by atoms with Gasteiger partial charge in [0, 0.05) is 28.1 Å². The van der Waals surface area contributed by atoms with Gasteiger partial charge in [-0.15, -0.1) is 0 Å². The van der Waals surface area contributed by atoms with Crippen molar-refractivity contribution in [3.63, 3.8) is 0 Å². The largest absolute Gasteiger partial charge is 0.368 e. The number of hydrogen-bond donors (Lipinski definition) is 2. The van der Waals surface area contributed by atoms with Crippen molar-refractivity contribution >= 4 is 32.7 Å². The van der Waals surface area contributed by atoms with Gasteiger partial charge in [-0.05, 0) is 24.3 Å². The Labute approximate surface area is 101 Å². The lowest BCUT2D eigenvalue weighted by Crippen LogP contribution is -2.39. The van der Waals surface area contributed by atoms with E-state index in [2.05, 4.69) is 15.9 Å². The highest BCUT2D eigenvalue weighted by molar-refractivity contribution is 9.10. The molecule has 1 unspecified atom stereocenters. The summed E-state index contributed by atoms with van der Waals surface area (Å²) in [6.45, 7) is 0.403. The molecule has 1 atom stereocenters. The van der Waals surface area contributed by atoms with Crippen molar-refractivity contribution < 1.29 is 4.79 Å². The average molecular weight is 282 g/mol. The number of halogens is 1. The molecule has 1 heterocycles. The lowest BCUT2D eigenvalue weighted by molar-refractivity contribution is -0.119. The number of aromatic nitrogens is 1. The van der Waals surface area contributed by atoms with Crippen LogP contribution in [0.1, 0.15) is 0 Å². The summed E-state index contributed by atoms with van der Waals surface area (Å²) in [6, 6.07) is 7.27. The Hall–Kier alpha value is -1.33. The number of rotatable bonds is 3. The molecule has 4 N–H and O–H groups in total. The van der Waals surface area contributed by atoms with E-state index in [1.54, 1.807) is 0 Å². The van der Waals surface area contributed by atoms with Crippen molar-refractivity contribution in [2.24, 2.45) is 11.5 Å². The van der Waals surface area contributed by atoms with E-state index >= 15 is 0 Å². The highest BCUT2D eigenvalue weighted by Gasteiger charge is 2.11. The zero-order chi connectivity index (χ0) is 11.7. The van der Waals surface area contributed by atoms with Gasteiger partial charge >= 0.3 is 0 Å². The molecule has 0 aliphatic carbocycles. The number of carbonyl (C=O) groups is 1. The number of primary amides is 1. The summed E-state index contributed by atoms with van der Waals surface area (Å²) in [5.74, 6) is -0.487. The molecule has 1 amide bonds. The standard InChI is InChI=1S/C11H12BrN3O/c12-8-1-2-10-7(5-8)3-4-15(10)6-9(13)11(14)16/h1-5,9H,6,13H2,(H2,14,16). The molecule has 0 radical (unpaired) electrons. The summed E-state index contributed by atoms with van der Waals surface area (Å²) in [4.78, 5) is 10.9. The van der Waals surface area contributed by atoms with Crippen molar-refractivity contribution in [1.82, 2.24) is 4.57 Å². The second-order valence-electron chi connectivity index (χ2n) is 3.68. The van der Waals surface area contributed by atoms with Crippen molar-refractivity contribution in [2.45, 2.75) is 12.6 Å². The summed E-state index contributed by atoms with van der Waals surface area (Å²) in [7, 11) is 0. The molecule has 0 bridgehead atoms. The Morgan fingerprint density at radius 2 is 2.19 bits per heavy atom. The van der Waals surface area contributed by atoms with E-state index in [4.69, 9.17) is 11.5 Å². The third-order valence-corrected chi connectivity index (χ3v) is 2.99. The number of benzene rings is 1. The minimum Gasteiger partial charge on any atom is -0.368 e. The number of amides is 1. The number of carbonyl (C=O) groups excluding carboxylic acids is 1. The summed E-state index contributed by atoms with van der Waals surface area (Å²) in [5.41, 5.74) is 11.8. The maximum absolute atomic E-state index is 10.9. The fourth-order valence-electron chi connectivity index (χ4n) is 1.63. The predicted molar refractivity (Wildman–Crippen MR) is 66.8 cm³/mol. The van der Waals surface area contributed by atoms with Crippen LogP contribution in [0.2, 0.25) is 0 Å². The molecule has 0 fully saturated rings. The SMILES string of the molecule is NC(=O)C(N)Cn1ccc2cc(Br)ccc21. The molecule has 2 aromatic rings. The average Bonchev–Trinajstić information content (AvgIpc) is 2.60. The second-order valence-corrected chi connectivity index (χ2v) is 4.60. The molecule has 0 saturated heterocycles. The molecule has 0 aliphatic rings. The fourth-order valence-corrected chi connectivity index (χ4v) is 2.01. The van der Waals surface area contributed by atoms with Gasteiger partial charge in [-0.1, -0.05) is 15.9 Å². The molecular formula is C11H12BrN3O. The van der Waals surface area contributed by atoms with E-state index in [-0.39, 0.29) is 0 Å². The topological polar surface area (TPSA) is 74.0 Å². The first-order valence-corrected chi connectivity index (χ1v) is 5.66. The summed E-state index contributed by atoms with van der Waals surface area (Å²) in [6.07, 6.45) is 1.90. The molecule has 84 valence electrons. The van der Waals surface area contributed by atoms with Crippen LogP contribution >= 0.6 is 15.9 Å². The Morgan fingerprint density at radius 3 is 2.88 bits per heavy atom. The lowest BCUT2D eigenvalue weighted by atomic mass is 10.2. The molecule has 1 aromatic carbocycles. The Bertz CT molecular complexity index is 535. The van der Waals surface area contributed by atoms with Gasteiger partial charge in [-0.2, -0.15) is 0 Å². The van der Waals surface area contributed by atoms with Crippen LogP contribution in [0.15, 0.2) is 34.9 Å². The minimum absolute atomic E-state index is 0.403. The van der Waals surface area contributed by atoms with Crippen molar-refractivity contribution in [3.8, 4) is 0 Å². The third-order valence-electron chi connectivity index (χ3n) is 2.49. The van der Waals surface area contributed by atoms with Gasteiger partial charge in [-0.25, -0.2) is 0 Å². The third kappa shape index (κ3) is 2.10. The number of hydrogen-bond acceptors (Lipinski definition) is 2. The molecule has 2 rings (SSSR count). The highest BCUT2D eigenvalue weighted by atomic mass is 79.9. The maximum Gasteiger partial charge on any atom is 0.236 e. The van der Waals surface area contributed by atoms with Crippen LogP contribution in [-0.2, 0) is 11.3 Å². The van der Waals surface area contributed by atoms with Crippen molar-refractivity contribution in [3.05, 3.63) is 34.9 Å². The molecule has 4 nitrogen and oxygen atoms in total. The maximum atomic E-state index is 10.9. The molecule has 0 saturated carbocycles. The number of nitrogens with zero attached hydrogens (tertiary/aromatic N) is 1. The van der Waals surface area contributed by atoms with Crippen molar-refractivity contribution in [1.29, 1.82) is 0 Å². The summed E-state index contributed by atoms with van der Waals surface area (Å²) >= 11 is 3.41. The fraction of sp³-hybridized carbons (Fsp3) is 0.182. The summed E-state index contributed by atoms with van der Waals surface area (Å²) < 4.78 is 2.95. The molecular weight excluding hydrogens is 270 g/mol. The van der Waals surface area contributed by atoms with Crippen LogP contribution in [0.5, 0.6) is 0 Å². The van der Waals surface area contributed by atoms with Gasteiger partial charge < -0.3 is 16.0 Å². The monoisotopic (exact) mass is 281 g/mol. The highest BCUT2D eigenvalue weighted by Crippen LogP contribution is 2.20. The van der Waals surface area contributed by atoms with Crippen molar-refractivity contribution in [2.75, 3.05) is 0 Å². The van der Waals surface area contributed by atoms with E-state index in [1.807, 2.05) is 35.0 Å². The van der Waals surface area contributed by atoms with Gasteiger partial charge in [0.2, 0.25) is 5.91 Å². The normalized spacial score (nSPS) is 12.9. The second kappa shape index (κ2) is 4.27. The van der Waals surface area contributed by atoms with Crippen LogP contribution in [0.25, 0.3) is 10.9 Å². The molecule has 5 heteroatoms. The van der Waals surface area contributed by atoms with Gasteiger partial charge in [0.05, 0.1) is 0 Å². The van der Waals surface area contributed by atoms with Gasteiger partial charge in [-0.3, -0.25) is 4.79 Å². The van der Waals surface area contributed by atoms with Gasteiger partial charge in [0.25, 0.3) is 0 Å². The Balaban J connectivity index is 2.35. The smallest absolute Gasteiger partial charge is 0.236 e. The molecule has 16 heavy (non-hydrogen) atoms. The lowest BCUT2D eigenvalue weighted by Gasteiger charge is -2.09. The zero-order valence-corrected chi connectivity index (χ0v) is 10.1. The van der Waals surface area contributed by atoms with Crippen LogP contribution < -0.4 is 11.5 Å². The van der Waals surface area contributed by atoms with Gasteiger partial charge in [0.1, 0.15) is 6.04 Å². The first-order chi connectivity index (χ1) is 7.58. The van der Waals surface area contributed by atoms with Gasteiger partial charge in [0.15, 0.2) is 0 Å². The quantitative estimate of drug-likeness (QED) is 0.888. The van der Waals surface area contributed by atoms with E-state index in [0.717, 1.165) is 15.4 Å². The van der Waals surface area contributed by atoms with Crippen LogP contribution in [0.3, 0.4) is 0 Å². The molecule has 0 aliphatic heterocycles. The molecule has 0 spiro atoms.